The molecule has 1 saturated heterocycles. The van der Waals surface area contributed by atoms with Crippen LogP contribution < -0.4 is 4.90 Å². The average molecular weight is 375 g/mol. The monoisotopic (exact) mass is 374 g/mol. The number of hydrogen-bond donors (Lipinski definition) is 0. The number of thioether (sulfide) groups is 1. The maximum Gasteiger partial charge on any atom is 0.230 e. The van der Waals surface area contributed by atoms with Crippen molar-refractivity contribution in [2.24, 2.45) is 11.3 Å². The van der Waals surface area contributed by atoms with Gasteiger partial charge in [-0.3, -0.25) is 9.59 Å². The zero-order valence-electron chi connectivity index (χ0n) is 16.3. The Morgan fingerprint density at radius 1 is 1.04 bits per heavy atom. The first-order valence-corrected chi connectivity index (χ1v) is 10.5. The van der Waals surface area contributed by atoms with Crippen molar-refractivity contribution in [1.82, 2.24) is 4.90 Å². The van der Waals surface area contributed by atoms with Gasteiger partial charge in [0.1, 0.15) is 0 Å². The van der Waals surface area contributed by atoms with Crippen molar-refractivity contribution in [3.63, 3.8) is 0 Å². The third-order valence-corrected chi connectivity index (χ3v) is 6.52. The summed E-state index contributed by atoms with van der Waals surface area (Å²) in [6, 6.07) is 8.24. The number of rotatable bonds is 1. The lowest BCUT2D eigenvalue weighted by atomic mass is 9.90. The topological polar surface area (TPSA) is 40.6 Å². The van der Waals surface area contributed by atoms with Crippen LogP contribution in [-0.2, 0) is 9.59 Å². The van der Waals surface area contributed by atoms with E-state index >= 15 is 0 Å². The second-order valence-electron chi connectivity index (χ2n) is 8.49. The van der Waals surface area contributed by atoms with Gasteiger partial charge in [-0.2, -0.15) is 0 Å². The number of fused-ring (bicyclic) bond motifs is 1. The van der Waals surface area contributed by atoms with Crippen LogP contribution in [0.25, 0.3) is 0 Å². The molecule has 0 aliphatic carbocycles. The molecule has 0 bridgehead atoms. The molecular formula is C21H30N2O2S. The first kappa shape index (κ1) is 19.3. The van der Waals surface area contributed by atoms with Crippen LogP contribution in [0.3, 0.4) is 0 Å². The van der Waals surface area contributed by atoms with Crippen LogP contribution in [-0.4, -0.2) is 41.6 Å². The quantitative estimate of drug-likeness (QED) is 0.740. The van der Waals surface area contributed by atoms with E-state index in [4.69, 9.17) is 0 Å². The second-order valence-corrected chi connectivity index (χ2v) is 9.97. The Morgan fingerprint density at radius 2 is 1.69 bits per heavy atom. The maximum absolute atomic E-state index is 13.3. The van der Waals surface area contributed by atoms with E-state index in [1.165, 1.54) is 4.90 Å². The second kappa shape index (κ2) is 7.63. The molecule has 4 nitrogen and oxygen atoms in total. The lowest BCUT2D eigenvalue weighted by molar-refractivity contribution is -0.142. The minimum atomic E-state index is -0.353. The summed E-state index contributed by atoms with van der Waals surface area (Å²) in [5.41, 5.74) is 0.702. The van der Waals surface area contributed by atoms with Crippen molar-refractivity contribution in [2.45, 2.75) is 57.1 Å². The Labute approximate surface area is 161 Å². The molecule has 2 aliphatic rings. The fourth-order valence-electron chi connectivity index (χ4n) is 3.74. The van der Waals surface area contributed by atoms with Gasteiger partial charge in [-0.15, -0.1) is 11.8 Å². The molecule has 2 amide bonds. The van der Waals surface area contributed by atoms with Gasteiger partial charge in [0, 0.05) is 41.1 Å². The highest BCUT2D eigenvalue weighted by atomic mass is 32.2. The first-order chi connectivity index (χ1) is 12.3. The van der Waals surface area contributed by atoms with Gasteiger partial charge < -0.3 is 9.80 Å². The zero-order chi connectivity index (χ0) is 18.9. The number of hydrogen-bond acceptors (Lipinski definition) is 3. The van der Waals surface area contributed by atoms with Gasteiger partial charge in [-0.1, -0.05) is 39.8 Å². The molecule has 1 fully saturated rings. The number of amides is 2. The van der Waals surface area contributed by atoms with Gasteiger partial charge in [-0.05, 0) is 31.4 Å². The fraction of sp³-hybridized carbons (Fsp3) is 0.619. The SMILES string of the molecule is CC1CCN(C(=O)C2CCN(C(=O)C(C)(C)C)CC2)c2ccccc2S1. The van der Waals surface area contributed by atoms with Gasteiger partial charge in [0.25, 0.3) is 0 Å². The Bertz CT molecular complexity index is 675. The van der Waals surface area contributed by atoms with Crippen LogP contribution in [0.2, 0.25) is 0 Å². The van der Waals surface area contributed by atoms with Crippen LogP contribution in [0.4, 0.5) is 5.69 Å². The summed E-state index contributed by atoms with van der Waals surface area (Å²) >= 11 is 1.86. The summed E-state index contributed by atoms with van der Waals surface area (Å²) in [6.45, 7) is 10.3. The van der Waals surface area contributed by atoms with E-state index < -0.39 is 0 Å². The van der Waals surface area contributed by atoms with Crippen LogP contribution in [0.5, 0.6) is 0 Å². The predicted octanol–water partition coefficient (Wildman–Crippen LogP) is 4.19. The summed E-state index contributed by atoms with van der Waals surface area (Å²) in [6.07, 6.45) is 2.54. The summed E-state index contributed by atoms with van der Waals surface area (Å²) < 4.78 is 0. The van der Waals surface area contributed by atoms with Crippen molar-refractivity contribution >= 4 is 29.3 Å². The highest BCUT2D eigenvalue weighted by molar-refractivity contribution is 8.00. The third-order valence-electron chi connectivity index (χ3n) is 5.28. The number of carbonyl (C=O) groups is 2. The molecule has 2 aliphatic heterocycles. The minimum absolute atomic E-state index is 0.0190. The molecule has 0 N–H and O–H groups in total. The average Bonchev–Trinajstić information content (AvgIpc) is 2.78. The molecule has 0 radical (unpaired) electrons. The largest absolute Gasteiger partial charge is 0.342 e. The summed E-state index contributed by atoms with van der Waals surface area (Å²) in [5, 5.41) is 0.514. The Morgan fingerprint density at radius 3 is 2.35 bits per heavy atom. The lowest BCUT2D eigenvalue weighted by Gasteiger charge is -2.37. The molecule has 1 unspecified atom stereocenters. The molecular weight excluding hydrogens is 344 g/mol. The number of piperidine rings is 1. The number of anilines is 1. The van der Waals surface area contributed by atoms with Crippen molar-refractivity contribution in [2.75, 3.05) is 24.5 Å². The Balaban J connectivity index is 1.70. The normalized spacial score (nSPS) is 21.9. The molecule has 142 valence electrons. The van der Waals surface area contributed by atoms with Gasteiger partial charge in [0.2, 0.25) is 11.8 Å². The highest BCUT2D eigenvalue weighted by Crippen LogP contribution is 2.38. The van der Waals surface area contributed by atoms with Gasteiger partial charge in [-0.25, -0.2) is 0 Å². The standard InChI is InChI=1S/C21H30N2O2S/c1-15-9-14-23(17-7-5-6-8-18(17)26-15)19(24)16-10-12-22(13-11-16)20(25)21(2,3)4/h5-8,15-16H,9-14H2,1-4H3. The molecule has 0 aromatic heterocycles. The van der Waals surface area contributed by atoms with Crippen LogP contribution >= 0.6 is 11.8 Å². The maximum atomic E-state index is 13.3. The molecule has 3 rings (SSSR count). The number of likely N-dealkylation sites (tertiary alicyclic amines) is 1. The molecule has 1 aromatic carbocycles. The first-order valence-electron chi connectivity index (χ1n) is 9.64. The molecule has 26 heavy (non-hydrogen) atoms. The molecule has 2 heterocycles. The van der Waals surface area contributed by atoms with E-state index in [1.807, 2.05) is 54.5 Å². The summed E-state index contributed by atoms with van der Waals surface area (Å²) in [7, 11) is 0. The van der Waals surface area contributed by atoms with E-state index in [0.717, 1.165) is 31.5 Å². The van der Waals surface area contributed by atoms with Crippen molar-refractivity contribution < 1.29 is 9.59 Å². The van der Waals surface area contributed by atoms with Crippen LogP contribution in [0.15, 0.2) is 29.2 Å². The molecule has 0 saturated carbocycles. The fourth-order valence-corrected chi connectivity index (χ4v) is 4.85. The van der Waals surface area contributed by atoms with E-state index in [2.05, 4.69) is 19.1 Å². The van der Waals surface area contributed by atoms with E-state index in [9.17, 15) is 9.59 Å². The van der Waals surface area contributed by atoms with E-state index in [0.29, 0.717) is 18.3 Å². The highest BCUT2D eigenvalue weighted by Gasteiger charge is 2.35. The van der Waals surface area contributed by atoms with E-state index in [-0.39, 0.29) is 23.1 Å². The molecule has 1 aromatic rings. The molecule has 5 heteroatoms. The smallest absolute Gasteiger partial charge is 0.230 e. The number of benzene rings is 1. The Hall–Kier alpha value is -1.49. The number of carbonyl (C=O) groups excluding carboxylic acids is 2. The van der Waals surface area contributed by atoms with E-state index in [1.54, 1.807) is 0 Å². The third kappa shape index (κ3) is 4.08. The van der Waals surface area contributed by atoms with Gasteiger partial charge in [0.15, 0.2) is 0 Å². The van der Waals surface area contributed by atoms with Gasteiger partial charge >= 0.3 is 0 Å². The van der Waals surface area contributed by atoms with Crippen LogP contribution in [0, 0.1) is 11.3 Å². The number of para-hydroxylation sites is 1. The number of nitrogens with zero attached hydrogens (tertiary/aromatic N) is 2. The molecule has 0 spiro atoms. The van der Waals surface area contributed by atoms with Crippen LogP contribution in [0.1, 0.15) is 47.0 Å². The summed E-state index contributed by atoms with van der Waals surface area (Å²) in [4.78, 5) is 30.9. The van der Waals surface area contributed by atoms with Crippen molar-refractivity contribution in [1.29, 1.82) is 0 Å². The lowest BCUT2D eigenvalue weighted by Crippen LogP contribution is -2.47. The Kier molecular flexibility index (Phi) is 5.66. The van der Waals surface area contributed by atoms with Crippen molar-refractivity contribution in [3.8, 4) is 0 Å². The van der Waals surface area contributed by atoms with Crippen molar-refractivity contribution in [3.05, 3.63) is 24.3 Å². The van der Waals surface area contributed by atoms with Gasteiger partial charge in [0.05, 0.1) is 5.69 Å². The molecule has 1 atom stereocenters. The predicted molar refractivity (Wildman–Crippen MR) is 107 cm³/mol. The zero-order valence-corrected chi connectivity index (χ0v) is 17.1. The summed E-state index contributed by atoms with van der Waals surface area (Å²) in [5.74, 6) is 0.439. The minimum Gasteiger partial charge on any atom is -0.342 e.